The molecule has 138 valence electrons. The number of sulfone groups is 1. The molecule has 25 heavy (non-hydrogen) atoms. The third-order valence-corrected chi connectivity index (χ3v) is 6.17. The van der Waals surface area contributed by atoms with Gasteiger partial charge in [-0.25, -0.2) is 13.2 Å². The molecule has 0 unspecified atom stereocenters. The Bertz CT molecular complexity index is 720. The Morgan fingerprint density at radius 3 is 2.32 bits per heavy atom. The van der Waals surface area contributed by atoms with Gasteiger partial charge >= 0.3 is 5.97 Å². The summed E-state index contributed by atoms with van der Waals surface area (Å²) >= 11 is 0. The van der Waals surface area contributed by atoms with Crippen molar-refractivity contribution >= 4 is 21.7 Å². The molecule has 1 aliphatic heterocycles. The third-order valence-electron chi connectivity index (χ3n) is 4.35. The highest BCUT2D eigenvalue weighted by atomic mass is 32.2. The van der Waals surface area contributed by atoms with Crippen LogP contribution in [0.4, 0.5) is 0 Å². The van der Waals surface area contributed by atoms with Crippen molar-refractivity contribution in [1.82, 2.24) is 5.32 Å². The van der Waals surface area contributed by atoms with E-state index in [4.69, 9.17) is 4.74 Å². The second-order valence-electron chi connectivity index (χ2n) is 6.15. The van der Waals surface area contributed by atoms with Crippen LogP contribution in [-0.4, -0.2) is 49.9 Å². The van der Waals surface area contributed by atoms with E-state index in [0.29, 0.717) is 6.42 Å². The summed E-state index contributed by atoms with van der Waals surface area (Å²) in [6, 6.07) is 5.58. The number of carbonyl (C=O) groups excluding carboxylic acids is 1. The fourth-order valence-corrected chi connectivity index (χ4v) is 4.12. The summed E-state index contributed by atoms with van der Waals surface area (Å²) in [4.78, 5) is 24.1. The molecule has 1 aromatic rings. The Kier molecular flexibility index (Phi) is 6.18. The summed E-state index contributed by atoms with van der Waals surface area (Å²) in [6.07, 6.45) is 1.74. The highest BCUT2D eigenvalue weighted by Crippen LogP contribution is 2.22. The van der Waals surface area contributed by atoms with Crippen LogP contribution in [0.5, 0.6) is 0 Å². The van der Waals surface area contributed by atoms with E-state index in [0.717, 1.165) is 6.42 Å². The molecule has 2 rings (SSSR count). The molecule has 0 bridgehead atoms. The minimum Gasteiger partial charge on any atom is -0.480 e. The van der Waals surface area contributed by atoms with Crippen LogP contribution >= 0.6 is 0 Å². The molecule has 8 heteroatoms. The Morgan fingerprint density at radius 1 is 1.20 bits per heavy atom. The van der Waals surface area contributed by atoms with Crippen LogP contribution in [0.2, 0.25) is 0 Å². The van der Waals surface area contributed by atoms with Gasteiger partial charge < -0.3 is 15.2 Å². The molecular formula is C17H23NO6S. The zero-order valence-corrected chi connectivity index (χ0v) is 15.0. The Labute approximate surface area is 147 Å². The quantitative estimate of drug-likeness (QED) is 0.756. The largest absolute Gasteiger partial charge is 0.480 e. The van der Waals surface area contributed by atoms with Gasteiger partial charge in [-0.1, -0.05) is 13.3 Å². The smallest absolute Gasteiger partial charge is 0.329 e. The molecule has 1 aromatic carbocycles. The number of benzene rings is 1. The van der Waals surface area contributed by atoms with E-state index in [9.17, 15) is 23.1 Å². The number of carboxylic acid groups (broad SMARTS) is 1. The molecule has 1 heterocycles. The minimum absolute atomic E-state index is 0.0666. The van der Waals surface area contributed by atoms with E-state index in [1.807, 2.05) is 6.92 Å². The molecule has 0 atom stereocenters. The van der Waals surface area contributed by atoms with Crippen molar-refractivity contribution in [2.45, 2.75) is 43.0 Å². The number of carbonyl (C=O) groups is 2. The topological polar surface area (TPSA) is 110 Å². The molecular weight excluding hydrogens is 346 g/mol. The molecule has 1 amide bonds. The Morgan fingerprint density at radius 2 is 1.80 bits per heavy atom. The first kappa shape index (κ1) is 19.4. The normalized spacial score (nSPS) is 17.0. The van der Waals surface area contributed by atoms with Gasteiger partial charge in [-0.2, -0.15) is 0 Å². The maximum Gasteiger partial charge on any atom is 0.329 e. The van der Waals surface area contributed by atoms with Gasteiger partial charge in [-0.15, -0.1) is 0 Å². The SMILES string of the molecule is CCCCS(=O)(=O)c1ccc(C(=O)NC2(C(=O)O)CCOCC2)cc1. The summed E-state index contributed by atoms with van der Waals surface area (Å²) in [5.41, 5.74) is -1.12. The molecule has 7 nitrogen and oxygen atoms in total. The molecule has 0 radical (unpaired) electrons. The van der Waals surface area contributed by atoms with Gasteiger partial charge in [-0.05, 0) is 30.7 Å². The van der Waals surface area contributed by atoms with Crippen LogP contribution in [0.15, 0.2) is 29.2 Å². The zero-order chi connectivity index (χ0) is 18.5. The molecule has 0 spiro atoms. The van der Waals surface area contributed by atoms with Crippen molar-refractivity contribution in [1.29, 1.82) is 0 Å². The number of hydrogen-bond donors (Lipinski definition) is 2. The van der Waals surface area contributed by atoms with E-state index >= 15 is 0 Å². The molecule has 0 aliphatic carbocycles. The van der Waals surface area contributed by atoms with Gasteiger partial charge in [-0.3, -0.25) is 4.79 Å². The second kappa shape index (κ2) is 7.97. The summed E-state index contributed by atoms with van der Waals surface area (Å²) in [5, 5.41) is 12.0. The van der Waals surface area contributed by atoms with E-state index in [2.05, 4.69) is 5.32 Å². The minimum atomic E-state index is -3.36. The van der Waals surface area contributed by atoms with Crippen molar-refractivity contribution in [3.63, 3.8) is 0 Å². The zero-order valence-electron chi connectivity index (χ0n) is 14.2. The number of unbranched alkanes of at least 4 members (excludes halogenated alkanes) is 1. The van der Waals surface area contributed by atoms with E-state index < -0.39 is 27.3 Å². The number of ether oxygens (including phenoxy) is 1. The summed E-state index contributed by atoms with van der Waals surface area (Å²) < 4.78 is 29.4. The monoisotopic (exact) mass is 369 g/mol. The van der Waals surface area contributed by atoms with Crippen LogP contribution in [-0.2, 0) is 19.4 Å². The molecule has 1 aliphatic rings. The van der Waals surface area contributed by atoms with Crippen molar-refractivity contribution in [3.8, 4) is 0 Å². The standard InChI is InChI=1S/C17H23NO6S/c1-2-3-12-25(22,23)14-6-4-13(5-7-14)15(19)18-17(16(20)21)8-10-24-11-9-17/h4-7H,2-3,8-12H2,1H3,(H,18,19)(H,20,21). The fourth-order valence-electron chi connectivity index (χ4n) is 2.67. The van der Waals surface area contributed by atoms with Crippen LogP contribution in [0.3, 0.4) is 0 Å². The van der Waals surface area contributed by atoms with Gasteiger partial charge in [0.15, 0.2) is 9.84 Å². The summed E-state index contributed by atoms with van der Waals surface area (Å²) in [5.74, 6) is -1.57. The molecule has 0 aromatic heterocycles. The van der Waals surface area contributed by atoms with Crippen molar-refractivity contribution in [2.24, 2.45) is 0 Å². The predicted octanol–water partition coefficient (Wildman–Crippen LogP) is 1.62. The molecule has 2 N–H and O–H groups in total. The average Bonchev–Trinajstić information content (AvgIpc) is 2.61. The predicted molar refractivity (Wildman–Crippen MR) is 91.3 cm³/mol. The lowest BCUT2D eigenvalue weighted by Gasteiger charge is -2.33. The third kappa shape index (κ3) is 4.58. The number of rotatable bonds is 7. The second-order valence-corrected chi connectivity index (χ2v) is 8.26. The average molecular weight is 369 g/mol. The number of hydrogen-bond acceptors (Lipinski definition) is 5. The lowest BCUT2D eigenvalue weighted by atomic mass is 9.89. The highest BCUT2D eigenvalue weighted by molar-refractivity contribution is 7.91. The first-order valence-electron chi connectivity index (χ1n) is 8.27. The van der Waals surface area contributed by atoms with E-state index in [1.54, 1.807) is 0 Å². The Hall–Kier alpha value is -1.93. The Balaban J connectivity index is 2.13. The number of amides is 1. The molecule has 0 saturated carbocycles. The van der Waals surface area contributed by atoms with E-state index in [1.165, 1.54) is 24.3 Å². The summed E-state index contributed by atoms with van der Waals surface area (Å²) in [7, 11) is -3.36. The van der Waals surface area contributed by atoms with E-state index in [-0.39, 0.29) is 42.3 Å². The first-order chi connectivity index (χ1) is 11.8. The molecule has 1 saturated heterocycles. The number of aliphatic carboxylic acids is 1. The lowest BCUT2D eigenvalue weighted by molar-refractivity contribution is -0.148. The van der Waals surface area contributed by atoms with Gasteiger partial charge in [0.2, 0.25) is 0 Å². The fraction of sp³-hybridized carbons (Fsp3) is 0.529. The molecule has 1 fully saturated rings. The number of carboxylic acids is 1. The van der Waals surface area contributed by atoms with Gasteiger partial charge in [0, 0.05) is 31.6 Å². The van der Waals surface area contributed by atoms with Crippen molar-refractivity contribution in [3.05, 3.63) is 29.8 Å². The van der Waals surface area contributed by atoms with Crippen LogP contribution < -0.4 is 5.32 Å². The summed E-state index contributed by atoms with van der Waals surface area (Å²) in [6.45, 7) is 2.44. The van der Waals surface area contributed by atoms with Gasteiger partial charge in [0.05, 0.1) is 10.6 Å². The van der Waals surface area contributed by atoms with Crippen LogP contribution in [0, 0.1) is 0 Å². The lowest BCUT2D eigenvalue weighted by Crippen LogP contribution is -2.57. The van der Waals surface area contributed by atoms with Gasteiger partial charge in [0.25, 0.3) is 5.91 Å². The van der Waals surface area contributed by atoms with Gasteiger partial charge in [0.1, 0.15) is 5.54 Å². The maximum atomic E-state index is 12.4. The van der Waals surface area contributed by atoms with Crippen LogP contribution in [0.25, 0.3) is 0 Å². The number of nitrogens with one attached hydrogen (secondary N) is 1. The van der Waals surface area contributed by atoms with Crippen LogP contribution in [0.1, 0.15) is 43.0 Å². The highest BCUT2D eigenvalue weighted by Gasteiger charge is 2.41. The van der Waals surface area contributed by atoms with Crippen molar-refractivity contribution in [2.75, 3.05) is 19.0 Å². The maximum absolute atomic E-state index is 12.4. The first-order valence-corrected chi connectivity index (χ1v) is 9.92. The van der Waals surface area contributed by atoms with Crippen molar-refractivity contribution < 1.29 is 27.9 Å².